The van der Waals surface area contributed by atoms with Gasteiger partial charge in [0.15, 0.2) is 17.1 Å². The van der Waals surface area contributed by atoms with Crippen molar-refractivity contribution in [3.8, 4) is 29.0 Å². The fourth-order valence-corrected chi connectivity index (χ4v) is 11.7. The van der Waals surface area contributed by atoms with Crippen LogP contribution in [0.4, 0.5) is 5.82 Å². The molecule has 7 heterocycles. The highest BCUT2D eigenvalue weighted by Gasteiger charge is 2.45. The Morgan fingerprint density at radius 1 is 0.944 bits per heavy atom. The number of esters is 1. The van der Waals surface area contributed by atoms with Crippen LogP contribution in [0.1, 0.15) is 128 Å². The second-order valence-electron chi connectivity index (χ2n) is 20.5. The summed E-state index contributed by atoms with van der Waals surface area (Å²) in [5, 5.41) is 44.8. The first-order valence-corrected chi connectivity index (χ1v) is 26.3. The maximum atomic E-state index is 13.7. The summed E-state index contributed by atoms with van der Waals surface area (Å²) in [7, 11) is 0. The zero-order chi connectivity index (χ0) is 50.1. The van der Waals surface area contributed by atoms with Gasteiger partial charge in [0.2, 0.25) is 0 Å². The Bertz CT molecular complexity index is 2950. The molecule has 17 heteroatoms. The zero-order valence-electron chi connectivity index (χ0n) is 41.3. The number of aromatic nitrogens is 4. The third kappa shape index (κ3) is 10.0. The highest BCUT2D eigenvalue weighted by atomic mass is 35.5. The van der Waals surface area contributed by atoms with Crippen molar-refractivity contribution >= 4 is 40.2 Å². The van der Waals surface area contributed by atoms with Gasteiger partial charge in [0.1, 0.15) is 24.2 Å². The second-order valence-corrected chi connectivity index (χ2v) is 20.9. The van der Waals surface area contributed by atoms with E-state index in [1.54, 1.807) is 47.9 Å². The number of ether oxygens (including phenoxy) is 2. The Morgan fingerprint density at radius 2 is 1.71 bits per heavy atom. The molecule has 3 fully saturated rings. The Morgan fingerprint density at radius 3 is 2.44 bits per heavy atom. The number of piperidine rings is 1. The minimum Gasteiger partial charge on any atom is -0.508 e. The minimum atomic E-state index is -1.88. The lowest BCUT2D eigenvalue weighted by molar-refractivity contribution is -0.172. The van der Waals surface area contributed by atoms with E-state index in [9.17, 15) is 29.9 Å². The van der Waals surface area contributed by atoms with E-state index in [-0.39, 0.29) is 42.4 Å². The molecule has 2 aromatic carbocycles. The topological polar surface area (TPSA) is 199 Å². The quantitative estimate of drug-likeness (QED) is 0.0675. The molecule has 0 unspecified atom stereocenters. The number of nitrogens with zero attached hydrogens (tertiary/aromatic N) is 8. The number of benzene rings is 2. The van der Waals surface area contributed by atoms with E-state index in [1.165, 1.54) is 32.1 Å². The Balaban J connectivity index is 0.614. The molecule has 1 amide bonds. The summed E-state index contributed by atoms with van der Waals surface area (Å²) < 4.78 is 13.1. The van der Waals surface area contributed by atoms with E-state index >= 15 is 0 Å². The van der Waals surface area contributed by atoms with Crippen LogP contribution in [-0.4, -0.2) is 110 Å². The van der Waals surface area contributed by atoms with E-state index in [0.717, 1.165) is 124 Å². The lowest BCUT2D eigenvalue weighted by Crippen LogP contribution is -2.46. The van der Waals surface area contributed by atoms with Crippen molar-refractivity contribution in [3.05, 3.63) is 103 Å². The predicted octanol–water partition coefficient (Wildman–Crippen LogP) is 7.51. The van der Waals surface area contributed by atoms with E-state index in [2.05, 4.69) is 36.3 Å². The van der Waals surface area contributed by atoms with Gasteiger partial charge in [0.25, 0.3) is 11.5 Å². The number of carbonyl (C=O) groups is 2. The van der Waals surface area contributed by atoms with Crippen LogP contribution >= 0.6 is 11.6 Å². The van der Waals surface area contributed by atoms with Crippen LogP contribution in [0.5, 0.6) is 11.5 Å². The molecule has 3 N–H and O–H groups in total. The number of piperazine rings is 1. The number of cyclic esters (lactones) is 1. The number of nitrogens with one attached hydrogen (secondary N) is 1. The van der Waals surface area contributed by atoms with E-state index in [1.807, 2.05) is 19.1 Å². The number of phenols is 1. The summed E-state index contributed by atoms with van der Waals surface area (Å²) in [6.07, 6.45) is 11.8. The number of amides is 1. The monoisotopic (exact) mass is 997 g/mol. The smallest absolute Gasteiger partial charge is 0.343 e. The number of pyridine rings is 2. The average Bonchev–Trinajstić information content (AvgIpc) is 3.76. The van der Waals surface area contributed by atoms with Crippen LogP contribution in [-0.2, 0) is 34.8 Å². The van der Waals surface area contributed by atoms with Crippen molar-refractivity contribution in [2.24, 2.45) is 5.92 Å². The Hall–Kier alpha value is -6.12. The van der Waals surface area contributed by atoms with E-state index in [4.69, 9.17) is 26.1 Å². The van der Waals surface area contributed by atoms with Gasteiger partial charge in [-0.1, -0.05) is 44.2 Å². The van der Waals surface area contributed by atoms with Gasteiger partial charge in [-0.2, -0.15) is 5.26 Å². The Labute approximate surface area is 424 Å². The number of halogens is 1. The van der Waals surface area contributed by atoms with E-state index in [0.29, 0.717) is 57.6 Å². The Kier molecular flexibility index (Phi) is 14.5. The summed E-state index contributed by atoms with van der Waals surface area (Å²) in [4.78, 5) is 51.6. The van der Waals surface area contributed by atoms with E-state index < -0.39 is 11.6 Å². The van der Waals surface area contributed by atoms with Gasteiger partial charge in [-0.3, -0.25) is 14.5 Å². The molecule has 3 aromatic heterocycles. The number of fused-ring (bicyclic) bond motifs is 5. The van der Waals surface area contributed by atoms with Gasteiger partial charge in [0, 0.05) is 79.5 Å². The lowest BCUT2D eigenvalue weighted by atomic mass is 9.86. The summed E-state index contributed by atoms with van der Waals surface area (Å²) in [5.41, 5.74) is 3.59. The molecule has 16 nitrogen and oxygen atoms in total. The predicted molar refractivity (Wildman–Crippen MR) is 273 cm³/mol. The van der Waals surface area contributed by atoms with Crippen LogP contribution < -0.4 is 20.5 Å². The third-order valence-electron chi connectivity index (χ3n) is 16.0. The molecule has 10 rings (SSSR count). The van der Waals surface area contributed by atoms with Gasteiger partial charge < -0.3 is 39.4 Å². The number of aromatic hydroxyl groups is 1. The van der Waals surface area contributed by atoms with Crippen LogP contribution in [0.15, 0.2) is 53.3 Å². The number of aliphatic hydroxyl groups is 1. The van der Waals surface area contributed by atoms with Gasteiger partial charge >= 0.3 is 5.97 Å². The first kappa shape index (κ1) is 49.5. The number of carbonyl (C=O) groups excluding carboxylic acids is 2. The van der Waals surface area contributed by atoms with Crippen molar-refractivity contribution in [1.82, 2.24) is 34.9 Å². The van der Waals surface area contributed by atoms with Crippen LogP contribution in [0, 0.1) is 24.2 Å². The molecule has 72 heavy (non-hydrogen) atoms. The maximum absolute atomic E-state index is 13.7. The van der Waals surface area contributed by atoms with Crippen molar-refractivity contribution in [1.29, 1.82) is 5.26 Å². The zero-order valence-corrected chi connectivity index (χ0v) is 42.1. The van der Waals surface area contributed by atoms with Crippen LogP contribution in [0.25, 0.3) is 22.3 Å². The molecule has 1 saturated carbocycles. The lowest BCUT2D eigenvalue weighted by Gasteiger charge is -2.35. The van der Waals surface area contributed by atoms with Crippen molar-refractivity contribution in [3.63, 3.8) is 0 Å². The molecule has 0 radical (unpaired) electrons. The largest absolute Gasteiger partial charge is 0.508 e. The molecule has 2 saturated heterocycles. The van der Waals surface area contributed by atoms with Crippen molar-refractivity contribution in [2.75, 3.05) is 50.7 Å². The summed E-state index contributed by atoms with van der Waals surface area (Å²) in [6.45, 7) is 11.1. The molecule has 1 aliphatic carbocycles. The highest BCUT2D eigenvalue weighted by molar-refractivity contribution is 6.32. The summed E-state index contributed by atoms with van der Waals surface area (Å²) >= 11 is 6.33. The molecule has 1 atom stereocenters. The first-order chi connectivity index (χ1) is 34.9. The molecular weight excluding hydrogens is 934 g/mol. The van der Waals surface area contributed by atoms with Crippen molar-refractivity contribution in [2.45, 2.75) is 128 Å². The normalized spacial score (nSPS) is 21.4. The summed E-state index contributed by atoms with van der Waals surface area (Å²) in [5.74, 6) is 1.53. The number of anilines is 1. The fourth-order valence-electron chi connectivity index (χ4n) is 11.5. The van der Waals surface area contributed by atoms with Gasteiger partial charge in [-0.15, -0.1) is 10.2 Å². The fraction of sp³-hybridized carbons (Fsp3) is 0.509. The number of phenolic OH excluding ortho intramolecular Hbond substituents is 1. The molecule has 378 valence electrons. The number of hydrogen-bond acceptors (Lipinski definition) is 14. The number of nitriles is 1. The molecule has 0 bridgehead atoms. The number of rotatable bonds is 15. The standard InChI is InChI=1S/C55H64ClN9O7/c1-3-55(70)43-29-46-51-37(31-65(46)53(68)42(43)33-71-54(55)69)28-40-41(47(66)16-14-44(40)59-51)32-63-26-24-62(25-27-63)21-7-5-4-6-8-35-19-22-64(23-20-35)49-18-15-45(60-61-49)52(67)58-38-10-12-39(13-11-38)72-48-17-9-36(30-57)50(56)34(48)2/h9,14-18,28-29,35,38-39,66,70H,3-8,10-13,19-27,31-33H2,1-2H3,(H,58,67)/t38-,39-,55-/m0/s1. The van der Waals surface area contributed by atoms with Gasteiger partial charge in [-0.05, 0) is 119 Å². The minimum absolute atomic E-state index is 0.0256. The first-order valence-electron chi connectivity index (χ1n) is 25.9. The maximum Gasteiger partial charge on any atom is 0.343 e. The van der Waals surface area contributed by atoms with Crippen LogP contribution in [0.2, 0.25) is 5.02 Å². The average molecular weight is 999 g/mol. The SMILES string of the molecule is CC[C@@]1(O)C(=O)OCc2c1cc1n(c2=O)Cc2cc3c(CN4CCN(CCCCCCC5CCN(c6ccc(C(=O)N[C@H]7CC[C@H](Oc8ccc(C#N)c(Cl)c8C)CC7)nn6)CC5)CC4)c(O)ccc3nc2-1. The van der Waals surface area contributed by atoms with Crippen LogP contribution in [0.3, 0.4) is 0 Å². The summed E-state index contributed by atoms with van der Waals surface area (Å²) in [6, 6.07) is 16.6. The van der Waals surface area contributed by atoms with Crippen molar-refractivity contribution < 1.29 is 29.3 Å². The molecule has 5 aliphatic rings. The number of hydrogen-bond donors (Lipinski definition) is 3. The second kappa shape index (κ2) is 21.2. The highest BCUT2D eigenvalue weighted by Crippen LogP contribution is 2.40. The number of unbranched alkanes of at least 4 members (excludes halogenated alkanes) is 3. The molecule has 4 aliphatic heterocycles. The molecule has 5 aromatic rings. The molecule has 0 spiro atoms. The third-order valence-corrected chi connectivity index (χ3v) is 16.5. The van der Waals surface area contributed by atoms with Gasteiger partial charge in [0.05, 0.1) is 45.7 Å². The molecular formula is C55H64ClN9O7. The van der Waals surface area contributed by atoms with Gasteiger partial charge in [-0.25, -0.2) is 9.78 Å².